The van der Waals surface area contributed by atoms with Gasteiger partial charge in [-0.15, -0.1) is 5.10 Å². The van der Waals surface area contributed by atoms with Crippen LogP contribution in [0.4, 0.5) is 11.9 Å². The first kappa shape index (κ1) is 13.8. The molecule has 6 heteroatoms. The minimum atomic E-state index is 0.324. The van der Waals surface area contributed by atoms with E-state index in [0.29, 0.717) is 18.4 Å². The van der Waals surface area contributed by atoms with Gasteiger partial charge in [-0.1, -0.05) is 48.5 Å². The van der Waals surface area contributed by atoms with Crippen LogP contribution in [0.5, 0.6) is 0 Å². The maximum atomic E-state index is 5.87. The molecular weight excluding hydrogens is 276 g/mol. The Morgan fingerprint density at radius 3 is 2.45 bits per heavy atom. The van der Waals surface area contributed by atoms with Gasteiger partial charge in [0.2, 0.25) is 11.9 Å². The number of aliphatic imine (C=N–C) groups is 1. The summed E-state index contributed by atoms with van der Waals surface area (Å²) in [5, 5.41) is 7.23. The van der Waals surface area contributed by atoms with E-state index < -0.39 is 0 Å². The van der Waals surface area contributed by atoms with Crippen molar-refractivity contribution in [1.82, 2.24) is 14.8 Å². The van der Waals surface area contributed by atoms with Gasteiger partial charge in [0.25, 0.3) is 0 Å². The number of nitrogens with two attached hydrogens (primary N) is 1. The Labute approximate surface area is 128 Å². The molecule has 1 aromatic heterocycles. The molecule has 0 atom stereocenters. The molecular formula is C16H16N6. The lowest BCUT2D eigenvalue weighted by Crippen LogP contribution is -2.02. The fourth-order valence-electron chi connectivity index (χ4n) is 1.98. The van der Waals surface area contributed by atoms with Gasteiger partial charge in [-0.25, -0.2) is 0 Å². The largest absolute Gasteiger partial charge is 0.368 e. The van der Waals surface area contributed by atoms with Crippen LogP contribution in [0.1, 0.15) is 5.56 Å². The van der Waals surface area contributed by atoms with Crippen molar-refractivity contribution in [3.05, 3.63) is 66.2 Å². The van der Waals surface area contributed by atoms with Crippen molar-refractivity contribution >= 4 is 18.2 Å². The molecule has 0 saturated carbocycles. The predicted octanol–water partition coefficient (Wildman–Crippen LogP) is 2.49. The van der Waals surface area contributed by atoms with Crippen LogP contribution in [0.3, 0.4) is 0 Å². The van der Waals surface area contributed by atoms with E-state index in [1.165, 1.54) is 0 Å². The lowest BCUT2D eigenvalue weighted by molar-refractivity contribution is 0.895. The van der Waals surface area contributed by atoms with E-state index in [9.17, 15) is 0 Å². The summed E-state index contributed by atoms with van der Waals surface area (Å²) < 4.78 is 1.58. The number of nitrogen functional groups attached to an aromatic ring is 1. The first-order valence-corrected chi connectivity index (χ1v) is 6.89. The molecule has 0 aliphatic carbocycles. The molecule has 0 radical (unpaired) electrons. The van der Waals surface area contributed by atoms with Gasteiger partial charge in [0, 0.05) is 0 Å². The molecule has 3 rings (SSSR count). The number of nitrogens with zero attached hydrogens (tertiary/aromatic N) is 4. The molecule has 1 heterocycles. The summed E-state index contributed by atoms with van der Waals surface area (Å²) in [5.74, 6) is 0.739. The second-order valence-electron chi connectivity index (χ2n) is 4.64. The van der Waals surface area contributed by atoms with E-state index >= 15 is 0 Å². The number of hydrogen-bond donors (Lipinski definition) is 2. The number of nitrogens with one attached hydrogen (secondary N) is 1. The van der Waals surface area contributed by atoms with Gasteiger partial charge < -0.3 is 11.1 Å². The van der Waals surface area contributed by atoms with E-state index in [-0.39, 0.29) is 0 Å². The molecule has 0 aliphatic heterocycles. The molecule has 2 aromatic carbocycles. The van der Waals surface area contributed by atoms with Gasteiger partial charge in [-0.05, 0) is 17.7 Å². The van der Waals surface area contributed by atoms with E-state index in [4.69, 9.17) is 5.73 Å². The third-order valence-electron chi connectivity index (χ3n) is 3.03. The molecule has 3 N–H and O–H groups in total. The molecule has 0 amide bonds. The molecule has 0 aliphatic rings. The van der Waals surface area contributed by atoms with Crippen molar-refractivity contribution in [3.63, 3.8) is 0 Å². The molecule has 0 fully saturated rings. The van der Waals surface area contributed by atoms with Crippen LogP contribution >= 0.6 is 0 Å². The molecule has 6 nitrogen and oxygen atoms in total. The third-order valence-corrected chi connectivity index (χ3v) is 3.03. The third kappa shape index (κ3) is 3.29. The van der Waals surface area contributed by atoms with Gasteiger partial charge in [0.15, 0.2) is 0 Å². The molecule has 22 heavy (non-hydrogen) atoms. The lowest BCUT2D eigenvalue weighted by atomic mass is 10.2. The van der Waals surface area contributed by atoms with E-state index in [2.05, 4.69) is 20.4 Å². The Hall–Kier alpha value is -3.15. The summed E-state index contributed by atoms with van der Waals surface area (Å²) >= 11 is 0. The second-order valence-corrected chi connectivity index (χ2v) is 4.64. The highest BCUT2D eigenvalue weighted by Gasteiger charge is 2.06. The fraction of sp³-hybridized carbons (Fsp3) is 0.0625. The Kier molecular flexibility index (Phi) is 4.10. The molecule has 0 spiro atoms. The maximum absolute atomic E-state index is 5.87. The first-order chi connectivity index (χ1) is 10.8. The zero-order chi connectivity index (χ0) is 15.2. The molecule has 0 bridgehead atoms. The van der Waals surface area contributed by atoms with Gasteiger partial charge in [-0.3, -0.25) is 4.99 Å². The normalized spacial score (nSPS) is 10.9. The van der Waals surface area contributed by atoms with Crippen molar-refractivity contribution in [1.29, 1.82) is 0 Å². The van der Waals surface area contributed by atoms with Crippen molar-refractivity contribution in [2.24, 2.45) is 4.99 Å². The second kappa shape index (κ2) is 6.53. The molecule has 0 saturated heterocycles. The summed E-state index contributed by atoms with van der Waals surface area (Å²) in [6.07, 6.45) is 1.58. The maximum Gasteiger partial charge on any atom is 0.249 e. The Bertz CT molecular complexity index is 749. The monoisotopic (exact) mass is 292 g/mol. The van der Waals surface area contributed by atoms with Crippen molar-refractivity contribution < 1.29 is 0 Å². The van der Waals surface area contributed by atoms with Crippen LogP contribution in [0.15, 0.2) is 65.7 Å². The van der Waals surface area contributed by atoms with E-state index in [0.717, 1.165) is 11.3 Å². The average molecular weight is 292 g/mol. The van der Waals surface area contributed by atoms with Gasteiger partial charge in [0.1, 0.15) is 0 Å². The summed E-state index contributed by atoms with van der Waals surface area (Å²) in [4.78, 5) is 8.44. The van der Waals surface area contributed by atoms with E-state index in [1.54, 1.807) is 11.0 Å². The minimum absolute atomic E-state index is 0.324. The van der Waals surface area contributed by atoms with Gasteiger partial charge in [0.05, 0.1) is 18.6 Å². The van der Waals surface area contributed by atoms with Crippen LogP contribution in [0.25, 0.3) is 5.69 Å². The van der Waals surface area contributed by atoms with Crippen LogP contribution < -0.4 is 11.1 Å². The van der Waals surface area contributed by atoms with Crippen molar-refractivity contribution in [3.8, 4) is 5.69 Å². The van der Waals surface area contributed by atoms with Crippen molar-refractivity contribution in [2.45, 2.75) is 6.54 Å². The SMILES string of the molecule is Nc1nc(NC=NCc2ccccc2)nn1-c1ccccc1. The Balaban J connectivity index is 1.64. The zero-order valence-electron chi connectivity index (χ0n) is 11.9. The Morgan fingerprint density at radius 1 is 1.05 bits per heavy atom. The summed E-state index contributed by atoms with van der Waals surface area (Å²) in [5.41, 5.74) is 7.88. The lowest BCUT2D eigenvalue weighted by Gasteiger charge is -2.00. The molecule has 0 unspecified atom stereocenters. The minimum Gasteiger partial charge on any atom is -0.368 e. The first-order valence-electron chi connectivity index (χ1n) is 6.89. The van der Waals surface area contributed by atoms with Crippen LogP contribution in [0, 0.1) is 0 Å². The highest BCUT2D eigenvalue weighted by atomic mass is 15.4. The summed E-state index contributed by atoms with van der Waals surface area (Å²) in [7, 11) is 0. The average Bonchev–Trinajstić information content (AvgIpc) is 2.94. The highest BCUT2D eigenvalue weighted by molar-refractivity contribution is 5.72. The number of anilines is 2. The smallest absolute Gasteiger partial charge is 0.249 e. The van der Waals surface area contributed by atoms with Crippen LogP contribution in [0.2, 0.25) is 0 Å². The zero-order valence-corrected chi connectivity index (χ0v) is 11.9. The van der Waals surface area contributed by atoms with Gasteiger partial charge >= 0.3 is 0 Å². The van der Waals surface area contributed by atoms with E-state index in [1.807, 2.05) is 60.7 Å². The van der Waals surface area contributed by atoms with Crippen molar-refractivity contribution in [2.75, 3.05) is 11.1 Å². The van der Waals surface area contributed by atoms with Gasteiger partial charge in [-0.2, -0.15) is 9.67 Å². The highest BCUT2D eigenvalue weighted by Crippen LogP contribution is 2.12. The number of aromatic nitrogens is 3. The number of benzene rings is 2. The summed E-state index contributed by atoms with van der Waals surface area (Å²) in [6, 6.07) is 19.6. The summed E-state index contributed by atoms with van der Waals surface area (Å²) in [6.45, 7) is 0.600. The van der Waals surface area contributed by atoms with Crippen LogP contribution in [-0.4, -0.2) is 21.1 Å². The van der Waals surface area contributed by atoms with Crippen LogP contribution in [-0.2, 0) is 6.54 Å². The number of hydrogen-bond acceptors (Lipinski definition) is 4. The topological polar surface area (TPSA) is 81.1 Å². The standard InChI is InChI=1S/C16H16N6/c17-15-20-16(21-22(15)14-9-5-2-6-10-14)19-12-18-11-13-7-3-1-4-8-13/h1-10,12H,11H2,(H3,17,18,19,20,21). The predicted molar refractivity (Wildman–Crippen MR) is 88.0 cm³/mol. The Morgan fingerprint density at radius 2 is 1.73 bits per heavy atom. The molecule has 3 aromatic rings. The number of para-hydroxylation sites is 1. The quantitative estimate of drug-likeness (QED) is 0.559. The molecule has 110 valence electrons. The fourth-order valence-corrected chi connectivity index (χ4v) is 1.98. The number of rotatable bonds is 5.